The fourth-order valence-corrected chi connectivity index (χ4v) is 10.8. The number of hydrogen-bond acceptors (Lipinski definition) is 0. The molecule has 12 rings (SSSR count). The van der Waals surface area contributed by atoms with Crippen molar-refractivity contribution in [1.29, 1.82) is 0 Å². The maximum atomic E-state index is 3.25. The Morgan fingerprint density at radius 2 is 0.784 bits per heavy atom. The molecule has 12 aromatic rings. The van der Waals surface area contributed by atoms with Crippen LogP contribution >= 0.6 is 0 Å². The van der Waals surface area contributed by atoms with Crippen LogP contribution in [0.4, 0.5) is 0 Å². The second kappa shape index (κ2) is 39.6. The average molecular weight is 1260 g/mol. The van der Waals surface area contributed by atoms with Crippen LogP contribution in [-0.2, 0) is 50.8 Å². The van der Waals surface area contributed by atoms with Crippen molar-refractivity contribution in [3.8, 4) is 22.3 Å². The first-order valence-electron chi connectivity index (χ1n) is 30.9. The van der Waals surface area contributed by atoms with Crippen molar-refractivity contribution >= 4 is 66.8 Å². The van der Waals surface area contributed by atoms with Crippen molar-refractivity contribution in [2.24, 2.45) is 0 Å². The molecule has 88 heavy (non-hydrogen) atoms. The molecule has 0 nitrogen and oxygen atoms in total. The maximum absolute atomic E-state index is 3.25. The molecule has 0 radical (unpaired) electrons. The van der Waals surface area contributed by atoms with Gasteiger partial charge in [-0.2, -0.15) is 78.7 Å². The van der Waals surface area contributed by atoms with Gasteiger partial charge in [0.15, 0.2) is 0 Å². The molecule has 0 aliphatic rings. The molecule has 0 amide bonds. The van der Waals surface area contributed by atoms with Gasteiger partial charge in [-0.25, -0.2) is 0 Å². The van der Waals surface area contributed by atoms with Crippen molar-refractivity contribution < 1.29 is 38.0 Å². The fraction of sp³-hybridized carbons (Fsp3) is 0.238. The number of fused-ring (bicyclic) bond motifs is 4. The van der Waals surface area contributed by atoms with Gasteiger partial charge in [0.1, 0.15) is 0 Å². The molecule has 0 aliphatic heterocycles. The topological polar surface area (TPSA) is 0 Å². The molecule has 0 N–H and O–H groups in total. The van der Waals surface area contributed by atoms with Gasteiger partial charge in [0.2, 0.25) is 0 Å². The molecule has 0 saturated carbocycles. The van der Waals surface area contributed by atoms with Gasteiger partial charge in [0.05, 0.1) is 0 Å². The van der Waals surface area contributed by atoms with Crippen LogP contribution in [0.1, 0.15) is 162 Å². The molecule has 0 heterocycles. The molecule has 0 saturated heterocycles. The molecule has 0 spiro atoms. The third-order valence-corrected chi connectivity index (χ3v) is 15.7. The first kappa shape index (κ1) is 75.9. The zero-order chi connectivity index (χ0) is 62.7. The minimum Gasteiger partial charge on any atom is 4.00 e. The van der Waals surface area contributed by atoms with E-state index in [4.69, 9.17) is 0 Å². The van der Waals surface area contributed by atoms with E-state index in [1.54, 1.807) is 24.9 Å². The summed E-state index contributed by atoms with van der Waals surface area (Å²) in [7, 11) is 3.53. The number of hydrogen-bond donors (Lipinski definition) is 0. The molecule has 4 heteroatoms. The summed E-state index contributed by atoms with van der Waals surface area (Å²) >= 11 is 2.34. The van der Waals surface area contributed by atoms with Crippen LogP contribution in [0.25, 0.3) is 65.3 Å². The van der Waals surface area contributed by atoms with Gasteiger partial charge in [-0.15, -0.1) is 150 Å². The van der Waals surface area contributed by atoms with Gasteiger partial charge < -0.3 is 14.4 Å². The van der Waals surface area contributed by atoms with E-state index in [0.717, 1.165) is 12.8 Å². The standard InChI is InChI=1S/2C17H15.2C16H21.C8H9.C7H7Si.C2H5.CH3.H2Si.Ti.V/c2*1-2-13-11-15-9-6-10-16(17(15)12-13)14-7-4-3-5-8-14;2*1-10(2)13-8-14-6-12(5)7-16(14)15(9-13)11(3)4;1-2-8-6-4-3-5-7-8;8-6-7-4-2-1-3-5-7;1-2;;;;/h2*3-12H,2H2,1H3;2*6-11H,1-5H3;2-7H,1H3;1-5H,8H2;1H2,2H3;1H3;1H2;;/q8*-1;;+4;. The summed E-state index contributed by atoms with van der Waals surface area (Å²) < 4.78 is 0. The summed E-state index contributed by atoms with van der Waals surface area (Å²) in [6.07, 6.45) is 4.28. The molecule has 0 bridgehead atoms. The number of benzene rings is 8. The largest absolute Gasteiger partial charge is 4.00 e. The van der Waals surface area contributed by atoms with Crippen molar-refractivity contribution in [2.75, 3.05) is 0 Å². The summed E-state index contributed by atoms with van der Waals surface area (Å²) in [4.78, 5) is 0. The average Bonchev–Trinajstić information content (AvgIpc) is 1.92. The molecule has 12 aromatic carbocycles. The third-order valence-electron chi connectivity index (χ3n) is 15.3. The van der Waals surface area contributed by atoms with Crippen LogP contribution in [-0.4, -0.2) is 23.7 Å². The molecule has 0 unspecified atom stereocenters. The Balaban J connectivity index is 0.000000277. The van der Waals surface area contributed by atoms with Crippen LogP contribution in [0.2, 0.25) is 0 Å². The molecular weight excluding hydrogens is 1160 g/mol. The van der Waals surface area contributed by atoms with Gasteiger partial charge >= 0.3 is 46.1 Å². The van der Waals surface area contributed by atoms with E-state index in [2.05, 4.69) is 300 Å². The van der Waals surface area contributed by atoms with E-state index in [1.807, 2.05) is 55.5 Å². The van der Waals surface area contributed by atoms with E-state index in [0.29, 0.717) is 23.7 Å². The molecule has 455 valence electrons. The Hall–Kier alpha value is -6.33. The molecular formula is C84H98Si2TiV-4. The van der Waals surface area contributed by atoms with E-state index < -0.39 is 0 Å². The number of rotatable bonds is 10. The first-order valence-corrected chi connectivity index (χ1v) is 35.2. The number of aryl methyl sites for hydroxylation is 4. The Morgan fingerprint density at radius 3 is 1.08 bits per heavy atom. The van der Waals surface area contributed by atoms with Gasteiger partial charge in [-0.1, -0.05) is 230 Å². The van der Waals surface area contributed by atoms with Gasteiger partial charge in [-0.3, -0.25) is 0 Å². The van der Waals surface area contributed by atoms with Gasteiger partial charge in [-0.05, 0) is 47.6 Å². The van der Waals surface area contributed by atoms with E-state index >= 15 is 0 Å². The Kier molecular flexibility index (Phi) is 34.2. The summed E-state index contributed by atoms with van der Waals surface area (Å²) in [6, 6.07) is 82.6. The normalized spacial score (nSPS) is 10.2. The Labute approximate surface area is 562 Å². The third kappa shape index (κ3) is 22.0. The monoisotopic (exact) mass is 1260 g/mol. The van der Waals surface area contributed by atoms with E-state index in [9.17, 15) is 0 Å². The van der Waals surface area contributed by atoms with Crippen LogP contribution in [0.5, 0.6) is 0 Å². The predicted molar refractivity (Wildman–Crippen MR) is 394 cm³/mol. The summed E-state index contributed by atoms with van der Waals surface area (Å²) in [5.74, 6) is 2.42. The summed E-state index contributed by atoms with van der Waals surface area (Å²) in [5, 5.41) is 11.1. The summed E-state index contributed by atoms with van der Waals surface area (Å²) in [6.45, 7) is 34.0. The van der Waals surface area contributed by atoms with Crippen LogP contribution in [0.3, 0.4) is 0 Å². The van der Waals surface area contributed by atoms with Crippen LogP contribution in [0.15, 0.2) is 231 Å². The zero-order valence-electron chi connectivity index (χ0n) is 55.8. The van der Waals surface area contributed by atoms with Crippen LogP contribution in [0, 0.1) is 34.6 Å². The minimum absolute atomic E-state index is 0. The molecule has 0 aromatic heterocycles. The van der Waals surface area contributed by atoms with Crippen molar-refractivity contribution in [3.63, 3.8) is 0 Å². The Morgan fingerprint density at radius 1 is 0.432 bits per heavy atom. The quantitative estimate of drug-likeness (QED) is 0.0946. The SMILES string of the molecule is CCc1cc2c(-c3ccccc3)cccc2[cH-]1.CCc1cc2c(-c3ccccc3)cccc2[cH-]1.C[CH-]c1ccccc1.Cc1cc2c(C(C)C)cc(C(C)C)cc2[cH-]1.Cc1cc2c(C(C)C)cc(C(C)C)cc2[cH-]1.[CH2-]C.[CH3-].[SiH2]=[C-]c1ccccc1.[SiH2]=[V].[Ti+4]. The molecule has 0 fully saturated rings. The minimum atomic E-state index is 0. The first-order chi connectivity index (χ1) is 41.6. The van der Waals surface area contributed by atoms with E-state index in [1.165, 1.54) is 121 Å². The van der Waals surface area contributed by atoms with Gasteiger partial charge in [0.25, 0.3) is 0 Å². The predicted octanol–water partition coefficient (Wildman–Crippen LogP) is 22.8. The van der Waals surface area contributed by atoms with Gasteiger partial charge in [0, 0.05) is 0 Å². The Bertz CT molecular complexity index is 3650. The van der Waals surface area contributed by atoms with Crippen LogP contribution < -0.4 is 0 Å². The van der Waals surface area contributed by atoms with Crippen molar-refractivity contribution in [1.82, 2.24) is 0 Å². The zero-order valence-corrected chi connectivity index (χ0v) is 61.6. The van der Waals surface area contributed by atoms with E-state index in [-0.39, 0.29) is 29.1 Å². The smallest absolute Gasteiger partial charge is 4.00 e. The second-order valence-electron chi connectivity index (χ2n) is 22.9. The molecule has 0 atom stereocenters. The maximum Gasteiger partial charge on any atom is 4.00 e. The molecule has 0 aliphatic carbocycles. The van der Waals surface area contributed by atoms with Crippen molar-refractivity contribution in [2.45, 2.75) is 133 Å². The van der Waals surface area contributed by atoms with Crippen molar-refractivity contribution in [3.05, 3.63) is 307 Å². The summed E-state index contributed by atoms with van der Waals surface area (Å²) in [5.41, 5.74) is 22.3. The fourth-order valence-electron chi connectivity index (χ4n) is 10.6. The second-order valence-corrected chi connectivity index (χ2v) is 23.3.